The Kier molecular flexibility index (Phi) is 3.72. The Morgan fingerprint density at radius 3 is 2.36 bits per heavy atom. The Morgan fingerprint density at radius 2 is 1.93 bits per heavy atom. The van der Waals surface area contributed by atoms with Gasteiger partial charge in [0.25, 0.3) is 0 Å². The fourth-order valence-corrected chi connectivity index (χ4v) is 1.29. The molecule has 0 unspecified atom stereocenters. The number of rotatable bonds is 4. The number of anilines is 1. The van der Waals surface area contributed by atoms with Gasteiger partial charge in [0.15, 0.2) is 0 Å². The molecule has 0 radical (unpaired) electrons. The maximum atomic E-state index is 9.67. The molecule has 0 aliphatic rings. The van der Waals surface area contributed by atoms with E-state index in [1.165, 1.54) is 0 Å². The Labute approximate surface area is 85.5 Å². The van der Waals surface area contributed by atoms with E-state index in [1.807, 2.05) is 43.3 Å². The minimum atomic E-state index is -0.427. The first-order chi connectivity index (χ1) is 6.65. The predicted octanol–water partition coefficient (Wildman–Crippen LogP) is 2.36. The third-order valence-electron chi connectivity index (χ3n) is 2.18. The molecule has 0 saturated heterocycles. The number of aliphatic hydroxyl groups is 1. The Bertz CT molecular complexity index is 290. The normalized spacial score (nSPS) is 12.2. The summed E-state index contributed by atoms with van der Waals surface area (Å²) in [5.74, 6) is 0. The summed E-state index contributed by atoms with van der Waals surface area (Å²) in [7, 11) is 3.99. The number of nitrogens with zero attached hydrogens (tertiary/aromatic N) is 1. The highest BCUT2D eigenvalue weighted by Crippen LogP contribution is 2.20. The van der Waals surface area contributed by atoms with Crippen molar-refractivity contribution in [2.45, 2.75) is 12.5 Å². The average Bonchev–Trinajstić information content (AvgIpc) is 2.18. The van der Waals surface area contributed by atoms with Crippen LogP contribution in [0.2, 0.25) is 0 Å². The molecule has 1 rings (SSSR count). The van der Waals surface area contributed by atoms with Crippen LogP contribution in [0.5, 0.6) is 0 Å². The van der Waals surface area contributed by atoms with Crippen molar-refractivity contribution in [2.24, 2.45) is 0 Å². The third-order valence-corrected chi connectivity index (χ3v) is 2.18. The minimum absolute atomic E-state index is 0.427. The van der Waals surface area contributed by atoms with E-state index in [1.54, 1.807) is 6.08 Å². The van der Waals surface area contributed by atoms with Crippen LogP contribution < -0.4 is 4.90 Å². The SMILES string of the molecule is C=CC[C@@H](O)c1ccc(N(C)C)cc1. The Balaban J connectivity index is 2.77. The van der Waals surface area contributed by atoms with Crippen molar-refractivity contribution in [3.05, 3.63) is 42.5 Å². The number of benzene rings is 1. The topological polar surface area (TPSA) is 23.5 Å². The van der Waals surface area contributed by atoms with Crippen molar-refractivity contribution < 1.29 is 5.11 Å². The molecule has 14 heavy (non-hydrogen) atoms. The molecular weight excluding hydrogens is 174 g/mol. The van der Waals surface area contributed by atoms with E-state index in [0.717, 1.165) is 11.3 Å². The smallest absolute Gasteiger partial charge is 0.0824 e. The molecule has 0 aliphatic carbocycles. The molecule has 1 aromatic rings. The van der Waals surface area contributed by atoms with Crippen LogP contribution in [0.15, 0.2) is 36.9 Å². The summed E-state index contributed by atoms with van der Waals surface area (Å²) in [5, 5.41) is 9.67. The molecule has 1 N–H and O–H groups in total. The lowest BCUT2D eigenvalue weighted by Gasteiger charge is -2.14. The molecule has 0 fully saturated rings. The summed E-state index contributed by atoms with van der Waals surface area (Å²) in [5.41, 5.74) is 2.08. The molecule has 76 valence electrons. The van der Waals surface area contributed by atoms with Crippen LogP contribution >= 0.6 is 0 Å². The summed E-state index contributed by atoms with van der Waals surface area (Å²) in [6.45, 7) is 3.60. The molecule has 0 spiro atoms. The van der Waals surface area contributed by atoms with Gasteiger partial charge in [-0.05, 0) is 24.1 Å². The molecule has 0 aliphatic heterocycles. The average molecular weight is 191 g/mol. The Morgan fingerprint density at radius 1 is 1.36 bits per heavy atom. The lowest BCUT2D eigenvalue weighted by Crippen LogP contribution is -2.08. The van der Waals surface area contributed by atoms with Gasteiger partial charge in [-0.2, -0.15) is 0 Å². The third kappa shape index (κ3) is 2.60. The van der Waals surface area contributed by atoms with Crippen LogP contribution in [-0.2, 0) is 0 Å². The van der Waals surface area contributed by atoms with Crippen molar-refractivity contribution in [3.63, 3.8) is 0 Å². The highest BCUT2D eigenvalue weighted by atomic mass is 16.3. The molecule has 0 amide bonds. The number of hydrogen-bond donors (Lipinski definition) is 1. The fraction of sp³-hybridized carbons (Fsp3) is 0.333. The van der Waals surface area contributed by atoms with E-state index in [-0.39, 0.29) is 0 Å². The fourth-order valence-electron chi connectivity index (χ4n) is 1.29. The van der Waals surface area contributed by atoms with E-state index in [2.05, 4.69) is 6.58 Å². The zero-order valence-electron chi connectivity index (χ0n) is 8.77. The highest BCUT2D eigenvalue weighted by Gasteiger charge is 2.04. The zero-order chi connectivity index (χ0) is 10.6. The van der Waals surface area contributed by atoms with Crippen LogP contribution in [0.25, 0.3) is 0 Å². The molecule has 0 bridgehead atoms. The van der Waals surface area contributed by atoms with Gasteiger partial charge in [-0.25, -0.2) is 0 Å². The largest absolute Gasteiger partial charge is 0.388 e. The van der Waals surface area contributed by atoms with E-state index in [0.29, 0.717) is 6.42 Å². The van der Waals surface area contributed by atoms with Gasteiger partial charge >= 0.3 is 0 Å². The molecular formula is C12H17NO. The lowest BCUT2D eigenvalue weighted by atomic mass is 10.1. The summed E-state index contributed by atoms with van der Waals surface area (Å²) in [4.78, 5) is 2.03. The van der Waals surface area contributed by atoms with Gasteiger partial charge in [0, 0.05) is 19.8 Å². The van der Waals surface area contributed by atoms with Crippen LogP contribution in [0, 0.1) is 0 Å². The van der Waals surface area contributed by atoms with Gasteiger partial charge in [0.2, 0.25) is 0 Å². The van der Waals surface area contributed by atoms with Crippen molar-refractivity contribution in [1.82, 2.24) is 0 Å². The first-order valence-corrected chi connectivity index (χ1v) is 4.71. The standard InChI is InChI=1S/C12H17NO/c1-4-5-12(14)10-6-8-11(9-7-10)13(2)3/h4,6-9,12,14H,1,5H2,2-3H3/t12-/m1/s1. The summed E-state index contributed by atoms with van der Waals surface area (Å²) in [6, 6.07) is 7.90. The monoisotopic (exact) mass is 191 g/mol. The van der Waals surface area contributed by atoms with Crippen LogP contribution in [0.1, 0.15) is 18.1 Å². The zero-order valence-corrected chi connectivity index (χ0v) is 8.77. The number of hydrogen-bond acceptors (Lipinski definition) is 2. The molecule has 2 nitrogen and oxygen atoms in total. The van der Waals surface area contributed by atoms with E-state index in [4.69, 9.17) is 0 Å². The van der Waals surface area contributed by atoms with E-state index < -0.39 is 6.10 Å². The molecule has 2 heteroatoms. The maximum Gasteiger partial charge on any atom is 0.0824 e. The molecule has 1 atom stereocenters. The van der Waals surface area contributed by atoms with Gasteiger partial charge in [0.05, 0.1) is 6.10 Å². The van der Waals surface area contributed by atoms with Crippen LogP contribution in [0.3, 0.4) is 0 Å². The van der Waals surface area contributed by atoms with Crippen molar-refractivity contribution in [3.8, 4) is 0 Å². The van der Waals surface area contributed by atoms with E-state index >= 15 is 0 Å². The van der Waals surface area contributed by atoms with Crippen molar-refractivity contribution in [2.75, 3.05) is 19.0 Å². The lowest BCUT2D eigenvalue weighted by molar-refractivity contribution is 0.181. The van der Waals surface area contributed by atoms with Gasteiger partial charge in [-0.15, -0.1) is 6.58 Å². The molecule has 0 aromatic heterocycles. The highest BCUT2D eigenvalue weighted by molar-refractivity contribution is 5.46. The van der Waals surface area contributed by atoms with E-state index in [9.17, 15) is 5.11 Å². The first-order valence-electron chi connectivity index (χ1n) is 4.71. The van der Waals surface area contributed by atoms with Crippen molar-refractivity contribution >= 4 is 5.69 Å². The van der Waals surface area contributed by atoms with Crippen LogP contribution in [0.4, 0.5) is 5.69 Å². The van der Waals surface area contributed by atoms with Gasteiger partial charge in [-0.3, -0.25) is 0 Å². The van der Waals surface area contributed by atoms with Gasteiger partial charge < -0.3 is 10.0 Å². The summed E-state index contributed by atoms with van der Waals surface area (Å²) < 4.78 is 0. The summed E-state index contributed by atoms with van der Waals surface area (Å²) in [6.07, 6.45) is 1.90. The minimum Gasteiger partial charge on any atom is -0.388 e. The Hall–Kier alpha value is -1.28. The second-order valence-corrected chi connectivity index (χ2v) is 3.53. The molecule has 0 saturated carbocycles. The van der Waals surface area contributed by atoms with Gasteiger partial charge in [-0.1, -0.05) is 18.2 Å². The summed E-state index contributed by atoms with van der Waals surface area (Å²) >= 11 is 0. The van der Waals surface area contributed by atoms with Crippen molar-refractivity contribution in [1.29, 1.82) is 0 Å². The van der Waals surface area contributed by atoms with Gasteiger partial charge in [0.1, 0.15) is 0 Å². The second kappa shape index (κ2) is 4.82. The molecule has 0 heterocycles. The quantitative estimate of drug-likeness (QED) is 0.738. The first kappa shape index (κ1) is 10.8. The van der Waals surface area contributed by atoms with Crippen LogP contribution in [-0.4, -0.2) is 19.2 Å². The maximum absolute atomic E-state index is 9.67. The molecule has 1 aromatic carbocycles. The number of aliphatic hydroxyl groups excluding tert-OH is 1. The second-order valence-electron chi connectivity index (χ2n) is 3.53. The predicted molar refractivity (Wildman–Crippen MR) is 60.5 cm³/mol.